The summed E-state index contributed by atoms with van der Waals surface area (Å²) in [6, 6.07) is 3.11. The Balaban J connectivity index is 2.81. The van der Waals surface area contributed by atoms with Gasteiger partial charge in [-0.1, -0.05) is 0 Å². The zero-order valence-corrected chi connectivity index (χ0v) is 8.12. The van der Waals surface area contributed by atoms with Crippen LogP contribution in [-0.2, 0) is 4.74 Å². The van der Waals surface area contributed by atoms with E-state index in [9.17, 15) is 8.78 Å². The molecule has 0 bridgehead atoms. The second-order valence-electron chi connectivity index (χ2n) is 3.02. The van der Waals surface area contributed by atoms with Crippen LogP contribution in [0.5, 0.6) is 0 Å². The lowest BCUT2D eigenvalue weighted by molar-refractivity contribution is 0.0325. The topological polar surface area (TPSA) is 55.5 Å². The lowest BCUT2D eigenvalue weighted by atomic mass is 10.1. The standard InChI is InChI=1S/C10H13F2NO2/c11-8-3-7(4-9(12)5-8)10(6-13)15-2-1-14/h3-5,10,14H,1-2,6,13H2. The van der Waals surface area contributed by atoms with Gasteiger partial charge < -0.3 is 15.6 Å². The summed E-state index contributed by atoms with van der Waals surface area (Å²) in [6.07, 6.45) is -0.595. The number of aliphatic hydroxyl groups excluding tert-OH is 1. The third-order valence-electron chi connectivity index (χ3n) is 1.88. The second kappa shape index (κ2) is 5.75. The third kappa shape index (κ3) is 3.54. The van der Waals surface area contributed by atoms with E-state index >= 15 is 0 Å². The molecule has 1 unspecified atom stereocenters. The van der Waals surface area contributed by atoms with Gasteiger partial charge in [-0.25, -0.2) is 8.78 Å². The van der Waals surface area contributed by atoms with Crippen molar-refractivity contribution in [2.45, 2.75) is 6.10 Å². The molecule has 0 amide bonds. The fourth-order valence-corrected chi connectivity index (χ4v) is 1.26. The molecule has 0 spiro atoms. The summed E-state index contributed by atoms with van der Waals surface area (Å²) >= 11 is 0. The van der Waals surface area contributed by atoms with Gasteiger partial charge in [0, 0.05) is 12.6 Å². The van der Waals surface area contributed by atoms with Crippen molar-refractivity contribution in [3.05, 3.63) is 35.4 Å². The summed E-state index contributed by atoms with van der Waals surface area (Å²) in [5.41, 5.74) is 5.73. The lowest BCUT2D eigenvalue weighted by Gasteiger charge is -2.15. The van der Waals surface area contributed by atoms with Crippen molar-refractivity contribution < 1.29 is 18.6 Å². The van der Waals surface area contributed by atoms with E-state index in [0.29, 0.717) is 5.56 Å². The molecule has 1 atom stereocenters. The highest BCUT2D eigenvalue weighted by Crippen LogP contribution is 2.18. The molecule has 15 heavy (non-hydrogen) atoms. The van der Waals surface area contributed by atoms with E-state index in [-0.39, 0.29) is 19.8 Å². The summed E-state index contributed by atoms with van der Waals surface area (Å²) in [6.45, 7) is 0.0250. The Morgan fingerprint density at radius 2 is 1.87 bits per heavy atom. The molecule has 3 nitrogen and oxygen atoms in total. The van der Waals surface area contributed by atoms with Gasteiger partial charge in [-0.3, -0.25) is 0 Å². The summed E-state index contributed by atoms with van der Waals surface area (Å²) in [5.74, 6) is -1.34. The maximum Gasteiger partial charge on any atom is 0.126 e. The van der Waals surface area contributed by atoms with Crippen molar-refractivity contribution in [3.63, 3.8) is 0 Å². The molecule has 1 aromatic rings. The maximum absolute atomic E-state index is 12.9. The van der Waals surface area contributed by atoms with Crippen molar-refractivity contribution in [3.8, 4) is 0 Å². The number of rotatable bonds is 5. The van der Waals surface area contributed by atoms with E-state index in [4.69, 9.17) is 15.6 Å². The number of aliphatic hydroxyl groups is 1. The van der Waals surface area contributed by atoms with E-state index in [1.807, 2.05) is 0 Å². The monoisotopic (exact) mass is 217 g/mol. The quantitative estimate of drug-likeness (QED) is 0.772. The Bertz CT molecular complexity index is 300. The molecule has 0 aliphatic carbocycles. The Labute approximate surface area is 86.5 Å². The molecule has 0 radical (unpaired) electrons. The van der Waals surface area contributed by atoms with Gasteiger partial charge in [-0.05, 0) is 17.7 Å². The van der Waals surface area contributed by atoms with Crippen molar-refractivity contribution in [1.29, 1.82) is 0 Å². The second-order valence-corrected chi connectivity index (χ2v) is 3.02. The molecule has 0 aromatic heterocycles. The minimum Gasteiger partial charge on any atom is -0.394 e. The Kier molecular flexibility index (Phi) is 4.61. The van der Waals surface area contributed by atoms with Crippen LogP contribution in [0.1, 0.15) is 11.7 Å². The molecule has 0 aliphatic rings. The first-order chi connectivity index (χ1) is 7.17. The average molecular weight is 217 g/mol. The van der Waals surface area contributed by atoms with Crippen LogP contribution >= 0.6 is 0 Å². The van der Waals surface area contributed by atoms with E-state index < -0.39 is 17.7 Å². The van der Waals surface area contributed by atoms with Crippen LogP contribution in [0.2, 0.25) is 0 Å². The Hall–Kier alpha value is -1.04. The molecular weight excluding hydrogens is 204 g/mol. The fourth-order valence-electron chi connectivity index (χ4n) is 1.26. The number of ether oxygens (including phenoxy) is 1. The van der Waals surface area contributed by atoms with Gasteiger partial charge in [0.1, 0.15) is 11.6 Å². The molecule has 0 saturated heterocycles. The summed E-state index contributed by atoms with van der Waals surface area (Å²) < 4.78 is 30.9. The Morgan fingerprint density at radius 1 is 1.27 bits per heavy atom. The smallest absolute Gasteiger partial charge is 0.126 e. The van der Waals surface area contributed by atoms with E-state index in [1.54, 1.807) is 0 Å². The van der Waals surface area contributed by atoms with Crippen molar-refractivity contribution in [2.24, 2.45) is 5.73 Å². The highest BCUT2D eigenvalue weighted by atomic mass is 19.1. The minimum absolute atomic E-state index is 0.0833. The lowest BCUT2D eigenvalue weighted by Crippen LogP contribution is -2.17. The first kappa shape index (κ1) is 12.0. The van der Waals surface area contributed by atoms with Gasteiger partial charge in [0.15, 0.2) is 0 Å². The highest BCUT2D eigenvalue weighted by molar-refractivity contribution is 5.20. The zero-order chi connectivity index (χ0) is 11.3. The SMILES string of the molecule is NCC(OCCO)c1cc(F)cc(F)c1. The van der Waals surface area contributed by atoms with Crippen molar-refractivity contribution in [1.82, 2.24) is 0 Å². The normalized spacial score (nSPS) is 12.8. The maximum atomic E-state index is 12.9. The molecule has 1 aromatic carbocycles. The van der Waals surface area contributed by atoms with E-state index in [2.05, 4.69) is 0 Å². The van der Waals surface area contributed by atoms with Crippen molar-refractivity contribution in [2.75, 3.05) is 19.8 Å². The summed E-state index contributed by atoms with van der Waals surface area (Å²) in [5, 5.41) is 8.55. The molecule has 0 aliphatic heterocycles. The number of halogens is 2. The van der Waals surface area contributed by atoms with Crippen LogP contribution in [0, 0.1) is 11.6 Å². The number of nitrogens with two attached hydrogens (primary N) is 1. The number of benzene rings is 1. The molecule has 3 N–H and O–H groups in total. The molecule has 1 rings (SSSR count). The van der Waals surface area contributed by atoms with E-state index in [0.717, 1.165) is 18.2 Å². The van der Waals surface area contributed by atoms with Crippen LogP contribution in [0.15, 0.2) is 18.2 Å². The van der Waals surface area contributed by atoms with Gasteiger partial charge in [-0.2, -0.15) is 0 Å². The molecule has 84 valence electrons. The zero-order valence-electron chi connectivity index (χ0n) is 8.12. The molecular formula is C10H13F2NO2. The van der Waals surface area contributed by atoms with E-state index in [1.165, 1.54) is 0 Å². The van der Waals surface area contributed by atoms with Gasteiger partial charge in [0.25, 0.3) is 0 Å². The third-order valence-corrected chi connectivity index (χ3v) is 1.88. The van der Waals surface area contributed by atoms with Gasteiger partial charge >= 0.3 is 0 Å². The van der Waals surface area contributed by atoms with Crippen molar-refractivity contribution >= 4 is 0 Å². The van der Waals surface area contributed by atoms with Crippen LogP contribution in [0.3, 0.4) is 0 Å². The summed E-state index contributed by atoms with van der Waals surface area (Å²) in [4.78, 5) is 0. The molecule has 0 saturated carbocycles. The summed E-state index contributed by atoms with van der Waals surface area (Å²) in [7, 11) is 0. The van der Waals surface area contributed by atoms with Gasteiger partial charge in [0.2, 0.25) is 0 Å². The van der Waals surface area contributed by atoms with Gasteiger partial charge in [0.05, 0.1) is 19.3 Å². The first-order valence-electron chi connectivity index (χ1n) is 4.56. The number of hydrogen-bond donors (Lipinski definition) is 2. The number of hydrogen-bond acceptors (Lipinski definition) is 3. The predicted molar refractivity (Wildman–Crippen MR) is 51.2 cm³/mol. The molecule has 0 fully saturated rings. The largest absolute Gasteiger partial charge is 0.394 e. The first-order valence-corrected chi connectivity index (χ1v) is 4.56. The predicted octanol–water partition coefficient (Wildman–Crippen LogP) is 0.974. The average Bonchev–Trinajstić information content (AvgIpc) is 2.17. The fraction of sp³-hybridized carbons (Fsp3) is 0.400. The molecule has 0 heterocycles. The van der Waals surface area contributed by atoms with Crippen LogP contribution in [0.4, 0.5) is 8.78 Å². The van der Waals surface area contributed by atoms with Crippen LogP contribution in [0.25, 0.3) is 0 Å². The van der Waals surface area contributed by atoms with Crippen LogP contribution in [-0.4, -0.2) is 24.9 Å². The molecule has 5 heteroatoms. The highest BCUT2D eigenvalue weighted by Gasteiger charge is 2.12. The minimum atomic E-state index is -0.670. The Morgan fingerprint density at radius 3 is 2.33 bits per heavy atom. The van der Waals surface area contributed by atoms with Gasteiger partial charge in [-0.15, -0.1) is 0 Å². The van der Waals surface area contributed by atoms with Crippen LogP contribution < -0.4 is 5.73 Å².